The van der Waals surface area contributed by atoms with Gasteiger partial charge >= 0.3 is 0 Å². The smallest absolute Gasteiger partial charge is 0.0474 e. The van der Waals surface area contributed by atoms with E-state index < -0.39 is 0 Å². The van der Waals surface area contributed by atoms with E-state index in [1.54, 1.807) is 7.11 Å². The minimum atomic E-state index is 0.648. The van der Waals surface area contributed by atoms with E-state index in [2.05, 4.69) is 29.1 Å². The number of hydrogen-bond acceptors (Lipinski definition) is 4. The molecule has 2 rings (SSSR count). The van der Waals surface area contributed by atoms with Crippen LogP contribution < -0.4 is 5.32 Å². The quantitative estimate of drug-likeness (QED) is 0.702. The molecule has 4 nitrogen and oxygen atoms in total. The van der Waals surface area contributed by atoms with Gasteiger partial charge < -0.3 is 10.1 Å². The molecule has 2 fully saturated rings. The van der Waals surface area contributed by atoms with Crippen LogP contribution in [0.1, 0.15) is 32.6 Å². The van der Waals surface area contributed by atoms with Gasteiger partial charge in [0.1, 0.15) is 0 Å². The lowest BCUT2D eigenvalue weighted by Crippen LogP contribution is -2.45. The Bertz CT molecular complexity index is 262. The van der Waals surface area contributed by atoms with Crippen LogP contribution in [0.2, 0.25) is 0 Å². The zero-order chi connectivity index (χ0) is 13.7. The number of fused-ring (bicyclic) bond motifs is 2. The molecular formula is C15H31N3O. The molecule has 112 valence electrons. The van der Waals surface area contributed by atoms with Gasteiger partial charge in [-0.25, -0.2) is 0 Å². The van der Waals surface area contributed by atoms with Crippen molar-refractivity contribution in [3.63, 3.8) is 0 Å². The minimum Gasteiger partial charge on any atom is -0.385 e. The molecule has 0 amide bonds. The van der Waals surface area contributed by atoms with Crippen LogP contribution in [-0.4, -0.2) is 74.9 Å². The largest absolute Gasteiger partial charge is 0.385 e. The van der Waals surface area contributed by atoms with Crippen molar-refractivity contribution in [2.75, 3.05) is 46.9 Å². The topological polar surface area (TPSA) is 27.7 Å². The molecule has 3 atom stereocenters. The third kappa shape index (κ3) is 4.15. The molecule has 2 saturated heterocycles. The number of rotatable bonds is 7. The van der Waals surface area contributed by atoms with Gasteiger partial charge in [0.25, 0.3) is 0 Å². The predicted molar refractivity (Wildman–Crippen MR) is 79.6 cm³/mol. The highest BCUT2D eigenvalue weighted by Gasteiger charge is 2.35. The molecule has 3 unspecified atom stereocenters. The third-order valence-electron chi connectivity index (χ3n) is 4.94. The molecule has 0 radical (unpaired) electrons. The van der Waals surface area contributed by atoms with Gasteiger partial charge in [-0.1, -0.05) is 0 Å². The fourth-order valence-electron chi connectivity index (χ4n) is 3.52. The lowest BCUT2D eigenvalue weighted by molar-refractivity contribution is 0.173. The van der Waals surface area contributed by atoms with Gasteiger partial charge in [-0.15, -0.1) is 0 Å². The molecule has 0 aliphatic carbocycles. The predicted octanol–water partition coefficient (Wildman–Crippen LogP) is 1.17. The number of likely N-dealkylation sites (tertiary alicyclic amines) is 1. The van der Waals surface area contributed by atoms with Gasteiger partial charge in [-0.05, 0) is 46.2 Å². The van der Waals surface area contributed by atoms with Crippen LogP contribution in [0.5, 0.6) is 0 Å². The lowest BCUT2D eigenvalue weighted by atomic mass is 10.1. The summed E-state index contributed by atoms with van der Waals surface area (Å²) in [7, 11) is 4.09. The van der Waals surface area contributed by atoms with Crippen molar-refractivity contribution in [1.29, 1.82) is 0 Å². The second-order valence-electron chi connectivity index (χ2n) is 6.23. The fourth-order valence-corrected chi connectivity index (χ4v) is 3.52. The molecule has 2 bridgehead atoms. The Morgan fingerprint density at radius 2 is 2.05 bits per heavy atom. The van der Waals surface area contributed by atoms with Crippen LogP contribution >= 0.6 is 0 Å². The van der Waals surface area contributed by atoms with E-state index in [9.17, 15) is 0 Å². The Hall–Kier alpha value is -0.160. The average molecular weight is 269 g/mol. The molecule has 0 saturated carbocycles. The summed E-state index contributed by atoms with van der Waals surface area (Å²) in [4.78, 5) is 5.31. The Labute approximate surface area is 118 Å². The number of nitrogens with one attached hydrogen (secondary N) is 1. The van der Waals surface area contributed by atoms with Crippen molar-refractivity contribution >= 4 is 0 Å². The highest BCUT2D eigenvalue weighted by molar-refractivity contribution is 4.92. The minimum absolute atomic E-state index is 0.648. The molecule has 2 aliphatic heterocycles. The maximum Gasteiger partial charge on any atom is 0.0474 e. The first-order valence-corrected chi connectivity index (χ1v) is 7.88. The first-order valence-electron chi connectivity index (χ1n) is 7.88. The number of methoxy groups -OCH3 is 1. The molecule has 0 aromatic heterocycles. The van der Waals surface area contributed by atoms with Crippen molar-refractivity contribution in [2.45, 2.75) is 50.7 Å². The van der Waals surface area contributed by atoms with Crippen LogP contribution in [-0.2, 0) is 4.74 Å². The molecule has 2 heterocycles. The molecule has 0 spiro atoms. The summed E-state index contributed by atoms with van der Waals surface area (Å²) >= 11 is 0. The monoisotopic (exact) mass is 269 g/mol. The number of likely N-dealkylation sites (N-methyl/N-ethyl adjacent to an activating group) is 1. The highest BCUT2D eigenvalue weighted by Crippen LogP contribution is 2.28. The second-order valence-corrected chi connectivity index (χ2v) is 6.23. The zero-order valence-electron chi connectivity index (χ0n) is 12.9. The summed E-state index contributed by atoms with van der Waals surface area (Å²) in [5.74, 6) is 0. The van der Waals surface area contributed by atoms with Crippen molar-refractivity contribution in [1.82, 2.24) is 15.1 Å². The van der Waals surface area contributed by atoms with Crippen molar-refractivity contribution in [2.24, 2.45) is 0 Å². The first-order chi connectivity index (χ1) is 9.22. The highest BCUT2D eigenvalue weighted by atomic mass is 16.5. The standard InChI is InChI=1S/C15H31N3O/c1-13(11-16-8-4-10-19-3)18-9-7-14-5-6-15(12-18)17(14)2/h13-16H,4-12H2,1-3H3. The van der Waals surface area contributed by atoms with E-state index in [-0.39, 0.29) is 0 Å². The van der Waals surface area contributed by atoms with Crippen LogP contribution in [0, 0.1) is 0 Å². The van der Waals surface area contributed by atoms with E-state index in [1.807, 2.05) is 0 Å². The maximum atomic E-state index is 5.07. The SMILES string of the molecule is COCCCNCC(C)N1CCC2CCC(C1)N2C. The Morgan fingerprint density at radius 3 is 2.84 bits per heavy atom. The van der Waals surface area contributed by atoms with Crippen LogP contribution in [0.25, 0.3) is 0 Å². The van der Waals surface area contributed by atoms with Crippen LogP contribution in [0.3, 0.4) is 0 Å². The Morgan fingerprint density at radius 1 is 1.26 bits per heavy atom. The summed E-state index contributed by atoms with van der Waals surface area (Å²) in [5, 5.41) is 3.56. The Kier molecular flexibility index (Phi) is 6.07. The summed E-state index contributed by atoms with van der Waals surface area (Å²) in [6.07, 6.45) is 5.27. The van der Waals surface area contributed by atoms with Crippen molar-refractivity contribution in [3.8, 4) is 0 Å². The van der Waals surface area contributed by atoms with E-state index in [0.29, 0.717) is 6.04 Å². The number of ether oxygens (including phenoxy) is 1. The Balaban J connectivity index is 1.69. The van der Waals surface area contributed by atoms with Crippen molar-refractivity contribution in [3.05, 3.63) is 0 Å². The normalized spacial score (nSPS) is 30.5. The van der Waals surface area contributed by atoms with Gasteiger partial charge in [0.15, 0.2) is 0 Å². The second kappa shape index (κ2) is 7.58. The molecular weight excluding hydrogens is 238 g/mol. The summed E-state index contributed by atoms with van der Waals surface area (Å²) < 4.78 is 5.07. The number of nitrogens with zero attached hydrogens (tertiary/aromatic N) is 2. The van der Waals surface area contributed by atoms with Crippen LogP contribution in [0.15, 0.2) is 0 Å². The van der Waals surface area contributed by atoms with Gasteiger partial charge in [0.05, 0.1) is 0 Å². The van der Waals surface area contributed by atoms with Crippen molar-refractivity contribution < 1.29 is 4.74 Å². The fraction of sp³-hybridized carbons (Fsp3) is 1.00. The number of hydrogen-bond donors (Lipinski definition) is 1. The summed E-state index contributed by atoms with van der Waals surface area (Å²) in [6.45, 7) is 7.92. The van der Waals surface area contributed by atoms with Gasteiger partial charge in [-0.2, -0.15) is 0 Å². The molecule has 2 aliphatic rings. The van der Waals surface area contributed by atoms with Gasteiger partial charge in [0.2, 0.25) is 0 Å². The zero-order valence-corrected chi connectivity index (χ0v) is 12.9. The van der Waals surface area contributed by atoms with E-state index in [1.165, 1.54) is 32.4 Å². The summed E-state index contributed by atoms with van der Waals surface area (Å²) in [6, 6.07) is 2.29. The van der Waals surface area contributed by atoms with E-state index in [4.69, 9.17) is 4.74 Å². The summed E-state index contributed by atoms with van der Waals surface area (Å²) in [5.41, 5.74) is 0. The van der Waals surface area contributed by atoms with Crippen LogP contribution in [0.4, 0.5) is 0 Å². The molecule has 4 heteroatoms. The average Bonchev–Trinajstić information content (AvgIpc) is 2.62. The van der Waals surface area contributed by atoms with Gasteiger partial charge in [-0.3, -0.25) is 9.80 Å². The van der Waals surface area contributed by atoms with E-state index in [0.717, 1.165) is 38.2 Å². The molecule has 0 aromatic rings. The molecule has 0 aromatic carbocycles. The van der Waals surface area contributed by atoms with E-state index >= 15 is 0 Å². The lowest BCUT2D eigenvalue weighted by Gasteiger charge is -2.31. The van der Waals surface area contributed by atoms with Gasteiger partial charge in [0, 0.05) is 51.5 Å². The molecule has 1 N–H and O–H groups in total. The molecule has 19 heavy (non-hydrogen) atoms. The third-order valence-corrected chi connectivity index (χ3v) is 4.94. The maximum absolute atomic E-state index is 5.07. The first kappa shape index (κ1) is 15.2.